The highest BCUT2D eigenvalue weighted by Crippen LogP contribution is 2.30. The van der Waals surface area contributed by atoms with E-state index in [0.717, 1.165) is 39.1 Å². The van der Waals surface area contributed by atoms with Crippen molar-refractivity contribution in [1.82, 2.24) is 9.71 Å². The molecule has 0 aliphatic rings. The van der Waals surface area contributed by atoms with Crippen molar-refractivity contribution in [2.45, 2.75) is 17.6 Å². The number of aromatic nitrogens is 1. The number of nitrogens with one attached hydrogen (secondary N) is 2. The van der Waals surface area contributed by atoms with Gasteiger partial charge in [-0.3, -0.25) is 4.79 Å². The van der Waals surface area contributed by atoms with Crippen LogP contribution in [0.3, 0.4) is 0 Å². The summed E-state index contributed by atoms with van der Waals surface area (Å²) >= 11 is 19.0. The van der Waals surface area contributed by atoms with Crippen LogP contribution < -0.4 is 4.72 Å². The van der Waals surface area contributed by atoms with E-state index < -0.39 is 15.9 Å². The zero-order valence-corrected chi connectivity index (χ0v) is 19.9. The van der Waals surface area contributed by atoms with Gasteiger partial charge in [0.15, 0.2) is 0 Å². The maximum atomic E-state index is 12.7. The van der Waals surface area contributed by atoms with Gasteiger partial charge >= 0.3 is 0 Å². The second kappa shape index (κ2) is 8.48. The summed E-state index contributed by atoms with van der Waals surface area (Å²) in [4.78, 5) is 16.0. The Hall–Kier alpha value is -2.03. The first kappa shape index (κ1) is 22.2. The molecule has 0 saturated heterocycles. The number of carbonyl (C=O) groups excluding carboxylic acids is 1. The Morgan fingerprint density at radius 1 is 1.06 bits per heavy atom. The average molecular weight is 514 g/mol. The van der Waals surface area contributed by atoms with Crippen LogP contribution in [0.5, 0.6) is 0 Å². The molecular weight excluding hydrogens is 499 g/mol. The summed E-state index contributed by atoms with van der Waals surface area (Å²) < 4.78 is 27.3. The van der Waals surface area contributed by atoms with Crippen molar-refractivity contribution in [2.24, 2.45) is 0 Å². The van der Waals surface area contributed by atoms with E-state index in [4.69, 9.17) is 34.8 Å². The molecule has 2 aromatic heterocycles. The average Bonchev–Trinajstić information content (AvgIpc) is 3.27. The van der Waals surface area contributed by atoms with Crippen molar-refractivity contribution < 1.29 is 13.2 Å². The molecule has 31 heavy (non-hydrogen) atoms. The molecule has 0 radical (unpaired) electrons. The second-order valence-electron chi connectivity index (χ2n) is 6.89. The fraction of sp³-hybridized carbons (Fsp3) is 0.0952. The molecule has 2 heterocycles. The molecule has 0 fully saturated rings. The number of thiophene rings is 1. The van der Waals surface area contributed by atoms with Crippen LogP contribution >= 0.6 is 46.1 Å². The molecule has 0 bridgehead atoms. The van der Waals surface area contributed by atoms with Gasteiger partial charge < -0.3 is 4.98 Å². The van der Waals surface area contributed by atoms with Gasteiger partial charge in [0.2, 0.25) is 0 Å². The van der Waals surface area contributed by atoms with E-state index in [-0.39, 0.29) is 9.77 Å². The lowest BCUT2D eigenvalue weighted by atomic mass is 10.0. The quantitative estimate of drug-likeness (QED) is 0.333. The second-order valence-corrected chi connectivity index (χ2v) is 11.4. The van der Waals surface area contributed by atoms with E-state index in [9.17, 15) is 13.2 Å². The van der Waals surface area contributed by atoms with Gasteiger partial charge in [0, 0.05) is 38.6 Å². The molecule has 1 amide bonds. The third-order valence-corrected chi connectivity index (χ3v) is 8.45. The van der Waals surface area contributed by atoms with Crippen LogP contribution in [-0.4, -0.2) is 19.3 Å². The Balaban J connectivity index is 1.67. The normalized spacial score (nSPS) is 11.7. The highest BCUT2D eigenvalue weighted by molar-refractivity contribution is 7.92. The number of carbonyl (C=O) groups is 1. The zero-order valence-electron chi connectivity index (χ0n) is 16.0. The number of fused-ring (bicyclic) bond motifs is 1. The third-order valence-electron chi connectivity index (χ3n) is 4.80. The number of benzene rings is 2. The predicted octanol–water partition coefficient (Wildman–Crippen LogP) is 6.21. The molecule has 0 aliphatic heterocycles. The van der Waals surface area contributed by atoms with E-state index >= 15 is 0 Å². The molecule has 10 heteroatoms. The van der Waals surface area contributed by atoms with E-state index in [1.807, 2.05) is 13.0 Å². The van der Waals surface area contributed by atoms with Crippen LogP contribution in [0.4, 0.5) is 0 Å². The first-order valence-corrected chi connectivity index (χ1v) is 12.4. The van der Waals surface area contributed by atoms with Crippen LogP contribution in [0.15, 0.2) is 52.7 Å². The predicted molar refractivity (Wildman–Crippen MR) is 126 cm³/mol. The number of rotatable bonds is 5. The molecule has 2 aromatic carbocycles. The molecular formula is C21H15Cl3N2O3S2. The Morgan fingerprint density at radius 2 is 1.84 bits per heavy atom. The van der Waals surface area contributed by atoms with Crippen molar-refractivity contribution in [3.63, 3.8) is 0 Å². The van der Waals surface area contributed by atoms with Gasteiger partial charge in [0.25, 0.3) is 15.9 Å². The highest BCUT2D eigenvalue weighted by Gasteiger charge is 2.21. The largest absolute Gasteiger partial charge is 0.358 e. The number of aromatic amines is 1. The van der Waals surface area contributed by atoms with Crippen molar-refractivity contribution >= 4 is 73.0 Å². The fourth-order valence-electron chi connectivity index (χ4n) is 3.28. The minimum Gasteiger partial charge on any atom is -0.358 e. The van der Waals surface area contributed by atoms with Crippen molar-refractivity contribution in [3.8, 4) is 0 Å². The molecule has 4 rings (SSSR count). The van der Waals surface area contributed by atoms with Crippen LogP contribution in [-0.2, 0) is 16.4 Å². The lowest BCUT2D eigenvalue weighted by molar-refractivity contribution is 0.0981. The van der Waals surface area contributed by atoms with Crippen LogP contribution in [0.1, 0.15) is 27.2 Å². The minimum atomic E-state index is -4.01. The lowest BCUT2D eigenvalue weighted by Crippen LogP contribution is -2.30. The van der Waals surface area contributed by atoms with Gasteiger partial charge in [0.05, 0.1) is 4.34 Å². The van der Waals surface area contributed by atoms with Gasteiger partial charge in [-0.15, -0.1) is 11.3 Å². The first-order chi connectivity index (χ1) is 14.6. The molecule has 0 atom stereocenters. The van der Waals surface area contributed by atoms with Crippen molar-refractivity contribution in [2.75, 3.05) is 0 Å². The van der Waals surface area contributed by atoms with E-state index in [1.54, 1.807) is 30.3 Å². The summed E-state index contributed by atoms with van der Waals surface area (Å²) in [6.07, 6.45) is 0.527. The lowest BCUT2D eigenvalue weighted by Gasteiger charge is -2.07. The van der Waals surface area contributed by atoms with Gasteiger partial charge in [-0.2, -0.15) is 0 Å². The molecule has 2 N–H and O–H groups in total. The molecule has 0 aliphatic carbocycles. The molecule has 160 valence electrons. The van der Waals surface area contributed by atoms with E-state index in [0.29, 0.717) is 20.8 Å². The van der Waals surface area contributed by atoms with E-state index in [2.05, 4.69) is 9.71 Å². The van der Waals surface area contributed by atoms with Gasteiger partial charge in [-0.1, -0.05) is 40.9 Å². The molecule has 4 aromatic rings. The van der Waals surface area contributed by atoms with Crippen LogP contribution in [0.25, 0.3) is 10.9 Å². The SMILES string of the molecule is Cc1[nH]c2ccc(C(=O)NS(=O)(=O)c3ccc(Cl)s3)cc2c1Cc1ccc(Cl)cc1Cl. The fourth-order valence-corrected chi connectivity index (χ4v) is 6.21. The summed E-state index contributed by atoms with van der Waals surface area (Å²) in [5.41, 5.74) is 3.84. The summed E-state index contributed by atoms with van der Waals surface area (Å²) in [5, 5.41) is 1.92. The number of halogens is 3. The molecule has 0 spiro atoms. The number of amides is 1. The topological polar surface area (TPSA) is 79.0 Å². The Kier molecular flexibility index (Phi) is 6.07. The molecule has 0 saturated carbocycles. The number of sulfonamides is 1. The van der Waals surface area contributed by atoms with E-state index in [1.165, 1.54) is 12.1 Å². The smallest absolute Gasteiger partial charge is 0.273 e. The number of aryl methyl sites for hydroxylation is 1. The summed E-state index contributed by atoms with van der Waals surface area (Å²) in [6, 6.07) is 13.1. The molecule has 5 nitrogen and oxygen atoms in total. The van der Waals surface area contributed by atoms with Gasteiger partial charge in [-0.25, -0.2) is 13.1 Å². The number of H-pyrrole nitrogens is 1. The highest BCUT2D eigenvalue weighted by atomic mass is 35.5. The third kappa shape index (κ3) is 4.61. The number of hydrogen-bond donors (Lipinski definition) is 2. The summed E-state index contributed by atoms with van der Waals surface area (Å²) in [6.45, 7) is 1.93. The van der Waals surface area contributed by atoms with Crippen LogP contribution in [0, 0.1) is 6.92 Å². The Bertz CT molecular complexity index is 1430. The maximum absolute atomic E-state index is 12.7. The van der Waals surface area contributed by atoms with Gasteiger partial charge in [-0.05, 0) is 60.5 Å². The molecule has 0 unspecified atom stereocenters. The summed E-state index contributed by atoms with van der Waals surface area (Å²) in [7, 11) is -4.01. The van der Waals surface area contributed by atoms with Gasteiger partial charge in [0.1, 0.15) is 4.21 Å². The zero-order chi connectivity index (χ0) is 22.3. The maximum Gasteiger partial charge on any atom is 0.273 e. The van der Waals surface area contributed by atoms with Crippen LogP contribution in [0.2, 0.25) is 14.4 Å². The standard InChI is InChI=1S/C21H15Cl3N2O3S2/c1-11-15(8-12-2-4-14(22)10-17(12)23)16-9-13(3-5-18(16)25-11)21(27)26-31(28,29)20-7-6-19(24)30-20/h2-7,9-10,25H,8H2,1H3,(H,26,27). The first-order valence-electron chi connectivity index (χ1n) is 9.01. The minimum absolute atomic E-state index is 0.0255. The summed E-state index contributed by atoms with van der Waals surface area (Å²) in [5.74, 6) is -0.722. The monoisotopic (exact) mass is 512 g/mol. The van der Waals surface area contributed by atoms with Crippen molar-refractivity contribution in [3.05, 3.63) is 85.3 Å². The Morgan fingerprint density at radius 3 is 2.52 bits per heavy atom. The number of hydrogen-bond acceptors (Lipinski definition) is 4. The Labute approximate surface area is 198 Å². The van der Waals surface area contributed by atoms with Crippen molar-refractivity contribution in [1.29, 1.82) is 0 Å².